The summed E-state index contributed by atoms with van der Waals surface area (Å²) in [4.78, 5) is 26.4. The fraction of sp³-hybridized carbons (Fsp3) is 0.300. The van der Waals surface area contributed by atoms with Gasteiger partial charge < -0.3 is 14.6 Å². The smallest absolute Gasteiger partial charge is 0.265 e. The van der Waals surface area contributed by atoms with Gasteiger partial charge in [0.05, 0.1) is 16.9 Å². The van der Waals surface area contributed by atoms with Gasteiger partial charge in [0.25, 0.3) is 5.78 Å². The number of fused-ring (bicyclic) bond motifs is 4. The molecule has 11 heteroatoms. The predicted octanol–water partition coefficient (Wildman–Crippen LogP) is 3.24. The summed E-state index contributed by atoms with van der Waals surface area (Å²) in [7, 11) is 0. The van der Waals surface area contributed by atoms with Gasteiger partial charge in [-0.15, -0.1) is 3.89 Å². The van der Waals surface area contributed by atoms with Gasteiger partial charge in [-0.2, -0.15) is 8.79 Å². The maximum atomic E-state index is 15.7. The number of nitrogens with zero attached hydrogens (tertiary/aromatic N) is 3. The molecule has 1 fully saturated rings. The van der Waals surface area contributed by atoms with Gasteiger partial charge in [0, 0.05) is 38.0 Å². The van der Waals surface area contributed by atoms with Crippen LogP contribution in [0.1, 0.15) is 28.2 Å². The lowest BCUT2D eigenvalue weighted by molar-refractivity contribution is -0.115. The molecule has 0 aromatic heterocycles. The zero-order valence-corrected chi connectivity index (χ0v) is 16.8. The Morgan fingerprint density at radius 1 is 1.13 bits per heavy atom. The van der Waals surface area contributed by atoms with Crippen molar-refractivity contribution in [2.45, 2.75) is 12.8 Å². The van der Waals surface area contributed by atoms with Crippen molar-refractivity contribution in [3.63, 3.8) is 0 Å². The fourth-order valence-corrected chi connectivity index (χ4v) is 5.51. The van der Waals surface area contributed by atoms with Crippen LogP contribution in [0.2, 0.25) is 0 Å². The second-order valence-corrected chi connectivity index (χ2v) is 8.71. The molecule has 0 radical (unpaired) electrons. The van der Waals surface area contributed by atoms with Crippen molar-refractivity contribution in [2.24, 2.45) is 4.40 Å². The molecule has 0 amide bonds. The SMILES string of the molecule is O=C1CCc2c(oc3c(F)c(N4CCNCC4)cc4cc5c(n2-c43)=S(F)N=C5F)C1=O. The van der Waals surface area contributed by atoms with Crippen LogP contribution in [-0.2, 0) is 11.2 Å². The molecule has 0 spiro atoms. The van der Waals surface area contributed by atoms with Crippen LogP contribution in [0.25, 0.3) is 16.7 Å². The average molecular weight is 448 g/mol. The summed E-state index contributed by atoms with van der Waals surface area (Å²) in [6.07, 6.45) is 0.00875. The Kier molecular flexibility index (Phi) is 3.97. The number of hydrogen-bond donors (Lipinski definition) is 1. The Morgan fingerprint density at radius 2 is 1.90 bits per heavy atom. The number of Topliss-reactive ketones (excluding diaryl/α,β-unsaturated/α-hetero) is 2. The molecule has 1 aromatic carbocycles. The van der Waals surface area contributed by atoms with Crippen LogP contribution in [0.3, 0.4) is 0 Å². The zero-order valence-electron chi connectivity index (χ0n) is 16.0. The molecule has 31 heavy (non-hydrogen) atoms. The second kappa shape index (κ2) is 6.54. The molecule has 1 N–H and O–H groups in total. The van der Waals surface area contributed by atoms with E-state index >= 15 is 4.39 Å². The summed E-state index contributed by atoms with van der Waals surface area (Å²) in [5.41, 5.74) is 0.369. The van der Waals surface area contributed by atoms with Crippen LogP contribution < -0.4 is 10.2 Å². The van der Waals surface area contributed by atoms with Crippen molar-refractivity contribution in [1.82, 2.24) is 9.88 Å². The van der Waals surface area contributed by atoms with E-state index in [9.17, 15) is 17.9 Å². The Labute approximate surface area is 175 Å². The van der Waals surface area contributed by atoms with Crippen LogP contribution >= 0.6 is 11.1 Å². The van der Waals surface area contributed by atoms with Crippen molar-refractivity contribution >= 4 is 45.2 Å². The van der Waals surface area contributed by atoms with Crippen molar-refractivity contribution in [2.75, 3.05) is 31.1 Å². The number of aromatic nitrogens is 1. The number of benzene rings is 1. The molecular formula is C20H15F3N4O3S. The van der Waals surface area contributed by atoms with Gasteiger partial charge in [-0.05, 0) is 18.6 Å². The van der Waals surface area contributed by atoms with E-state index in [0.717, 1.165) is 0 Å². The van der Waals surface area contributed by atoms with E-state index in [-0.39, 0.29) is 51.5 Å². The summed E-state index contributed by atoms with van der Waals surface area (Å²) in [6.45, 7) is 2.40. The average Bonchev–Trinajstić information content (AvgIpc) is 3.06. The van der Waals surface area contributed by atoms with Crippen LogP contribution in [0.4, 0.5) is 18.4 Å². The highest BCUT2D eigenvalue weighted by atomic mass is 32.2. The summed E-state index contributed by atoms with van der Waals surface area (Å²) in [6, 6.07) is 3.02. The van der Waals surface area contributed by atoms with Crippen molar-refractivity contribution < 1.29 is 26.7 Å². The molecule has 1 atom stereocenters. The van der Waals surface area contributed by atoms with E-state index in [4.69, 9.17) is 4.42 Å². The Morgan fingerprint density at radius 3 is 2.68 bits per heavy atom. The lowest BCUT2D eigenvalue weighted by Crippen LogP contribution is -2.44. The first-order valence-electron chi connectivity index (χ1n) is 9.80. The van der Waals surface area contributed by atoms with Gasteiger partial charge >= 0.3 is 0 Å². The third kappa shape index (κ3) is 2.53. The molecule has 4 heterocycles. The van der Waals surface area contributed by atoms with E-state index in [2.05, 4.69) is 9.71 Å². The number of carbonyl (C=O) groups excluding carboxylic acids is 2. The van der Waals surface area contributed by atoms with E-state index in [0.29, 0.717) is 31.6 Å². The molecule has 1 unspecified atom stereocenters. The van der Waals surface area contributed by atoms with Crippen molar-refractivity contribution in [3.8, 4) is 5.69 Å². The highest BCUT2D eigenvalue weighted by Crippen LogP contribution is 2.43. The minimum absolute atomic E-state index is 0.0414. The first-order chi connectivity index (χ1) is 15.0. The lowest BCUT2D eigenvalue weighted by Gasteiger charge is -2.31. The Hall–Kier alpha value is -2.92. The maximum absolute atomic E-state index is 15.7. The minimum atomic E-state index is -2.32. The Balaban J connectivity index is 1.78. The third-order valence-corrected chi connectivity index (χ3v) is 6.99. The molecule has 6 rings (SSSR count). The number of carbonyl (C=O) groups is 2. The molecular weight excluding hydrogens is 433 g/mol. The highest BCUT2D eigenvalue weighted by molar-refractivity contribution is 8.03. The second-order valence-electron chi connectivity index (χ2n) is 7.66. The first kappa shape index (κ1) is 18.8. The molecule has 4 aliphatic heterocycles. The molecule has 160 valence electrons. The highest BCUT2D eigenvalue weighted by Gasteiger charge is 2.36. The molecule has 1 aliphatic carbocycles. The quantitative estimate of drug-likeness (QED) is 0.457. The normalized spacial score (nSPS) is 21.1. The minimum Gasteiger partial charge on any atom is -0.446 e. The molecule has 7 nitrogen and oxygen atoms in total. The van der Waals surface area contributed by atoms with Crippen LogP contribution in [-0.4, -0.2) is 48.3 Å². The number of pyridine rings is 1. The summed E-state index contributed by atoms with van der Waals surface area (Å²) >= 11 is -2.32. The number of ketones is 2. The van der Waals surface area contributed by atoms with E-state index in [1.165, 1.54) is 10.6 Å². The third-order valence-electron chi connectivity index (χ3n) is 5.95. The van der Waals surface area contributed by atoms with Crippen LogP contribution in [0, 0.1) is 10.5 Å². The first-order valence-corrected chi connectivity index (χ1v) is 10.9. The van der Waals surface area contributed by atoms with E-state index < -0.39 is 34.4 Å². The monoisotopic (exact) mass is 448 g/mol. The number of halogens is 3. The molecule has 0 saturated carbocycles. The maximum Gasteiger partial charge on any atom is 0.265 e. The summed E-state index contributed by atoms with van der Waals surface area (Å²) < 4.78 is 55.3. The van der Waals surface area contributed by atoms with E-state index in [1.54, 1.807) is 6.07 Å². The van der Waals surface area contributed by atoms with Gasteiger partial charge in [0.15, 0.2) is 17.2 Å². The van der Waals surface area contributed by atoms with Gasteiger partial charge in [-0.1, -0.05) is 0 Å². The number of nitrogens with one attached hydrogen (secondary N) is 1. The van der Waals surface area contributed by atoms with Gasteiger partial charge in [0.2, 0.25) is 11.7 Å². The molecule has 1 aromatic rings. The van der Waals surface area contributed by atoms with Crippen molar-refractivity contribution in [3.05, 3.63) is 39.6 Å². The van der Waals surface area contributed by atoms with Crippen LogP contribution in [0.5, 0.6) is 0 Å². The van der Waals surface area contributed by atoms with Gasteiger partial charge in [-0.25, -0.2) is 4.39 Å². The summed E-state index contributed by atoms with van der Waals surface area (Å²) in [5.74, 6) is -3.54. The fourth-order valence-electron chi connectivity index (χ4n) is 4.51. The number of piperazine rings is 1. The topological polar surface area (TPSA) is 79.8 Å². The van der Waals surface area contributed by atoms with Gasteiger partial charge in [-0.3, -0.25) is 14.2 Å². The summed E-state index contributed by atoms with van der Waals surface area (Å²) in [5, 5.41) is 3.62. The number of rotatable bonds is 1. The zero-order chi connectivity index (χ0) is 21.4. The van der Waals surface area contributed by atoms with E-state index in [1.807, 2.05) is 4.90 Å². The lowest BCUT2D eigenvalue weighted by atomic mass is 9.96. The van der Waals surface area contributed by atoms with Crippen molar-refractivity contribution in [1.29, 1.82) is 0 Å². The number of anilines is 1. The molecule has 1 saturated heterocycles. The number of hydrogen-bond acceptors (Lipinski definition) is 6. The molecule has 5 aliphatic rings. The van der Waals surface area contributed by atoms with Gasteiger partial charge in [0.1, 0.15) is 21.4 Å². The standard InChI is InChI=1S/C20H15F3N4O3S/c21-14-12(26-5-3-24-4-6-26)8-9-7-10-19(22)25-31(23)20(10)27-11-1-2-13(28)16(29)17(11)30-18(14)15(9)27/h7-8,24H,1-6H2. The largest absolute Gasteiger partial charge is 0.446 e. The van der Waals surface area contributed by atoms with Crippen LogP contribution in [0.15, 0.2) is 20.9 Å². The molecule has 0 bridgehead atoms. The predicted molar refractivity (Wildman–Crippen MR) is 109 cm³/mol. The Bertz CT molecular complexity index is 1400.